The molecule has 3 aromatic rings. The van der Waals surface area contributed by atoms with E-state index in [1.54, 1.807) is 24.3 Å². The van der Waals surface area contributed by atoms with Gasteiger partial charge in [0.05, 0.1) is 11.8 Å². The fraction of sp³-hybridized carbons (Fsp3) is 0.208. The summed E-state index contributed by atoms with van der Waals surface area (Å²) in [4.78, 5) is 36.8. The molecule has 1 heterocycles. The van der Waals surface area contributed by atoms with Crippen LogP contribution in [0.3, 0.4) is 0 Å². The molecule has 0 aliphatic heterocycles. The maximum absolute atomic E-state index is 12.4. The molecule has 1 atom stereocenters. The molecule has 158 valence electrons. The first-order valence-electron chi connectivity index (χ1n) is 10.1. The Morgan fingerprint density at radius 1 is 0.935 bits per heavy atom. The molecule has 0 fully saturated rings. The second kappa shape index (κ2) is 8.87. The van der Waals surface area contributed by atoms with Crippen molar-refractivity contribution in [2.75, 3.05) is 10.6 Å². The lowest BCUT2D eigenvalue weighted by molar-refractivity contribution is -0.123. The van der Waals surface area contributed by atoms with Crippen LogP contribution in [-0.2, 0) is 22.4 Å². The first-order chi connectivity index (χ1) is 15.0. The standard InChI is InChI=1S/C24H22N2O5/c1-15(22(27)26-20-12-7-16-4-2-5-18(16)14-20)31-24(29)17-8-10-19(11-9-17)25-23(28)21-6-3-13-30-21/h3,6-15H,2,4-5H2,1H3,(H,25,28)(H,26,27)/t15-/m1/s1. The summed E-state index contributed by atoms with van der Waals surface area (Å²) in [5.41, 5.74) is 4.04. The molecule has 7 nitrogen and oxygen atoms in total. The summed E-state index contributed by atoms with van der Waals surface area (Å²) in [6.45, 7) is 1.53. The number of benzene rings is 2. The van der Waals surface area contributed by atoms with Gasteiger partial charge in [-0.1, -0.05) is 6.07 Å². The number of furan rings is 1. The van der Waals surface area contributed by atoms with Gasteiger partial charge < -0.3 is 19.8 Å². The van der Waals surface area contributed by atoms with E-state index in [1.165, 1.54) is 36.4 Å². The summed E-state index contributed by atoms with van der Waals surface area (Å²) in [5, 5.41) is 5.47. The Hall–Kier alpha value is -3.87. The quantitative estimate of drug-likeness (QED) is 0.585. The number of rotatable bonds is 6. The van der Waals surface area contributed by atoms with Crippen LogP contribution in [0.1, 0.15) is 45.4 Å². The number of hydrogen-bond acceptors (Lipinski definition) is 5. The van der Waals surface area contributed by atoms with Crippen LogP contribution in [0.25, 0.3) is 0 Å². The van der Waals surface area contributed by atoms with E-state index in [9.17, 15) is 14.4 Å². The molecule has 1 aliphatic carbocycles. The maximum atomic E-state index is 12.4. The number of nitrogens with one attached hydrogen (secondary N) is 2. The van der Waals surface area contributed by atoms with Gasteiger partial charge in [0, 0.05) is 11.4 Å². The average Bonchev–Trinajstić information content (AvgIpc) is 3.46. The number of amides is 2. The second-order valence-corrected chi connectivity index (χ2v) is 7.38. The van der Waals surface area contributed by atoms with Gasteiger partial charge in [0.2, 0.25) is 0 Å². The number of carbonyl (C=O) groups is 3. The van der Waals surface area contributed by atoms with Gasteiger partial charge >= 0.3 is 5.97 Å². The van der Waals surface area contributed by atoms with Crippen LogP contribution in [0, 0.1) is 0 Å². The summed E-state index contributed by atoms with van der Waals surface area (Å²) >= 11 is 0. The van der Waals surface area contributed by atoms with E-state index >= 15 is 0 Å². The average molecular weight is 418 g/mol. The highest BCUT2D eigenvalue weighted by molar-refractivity contribution is 6.02. The lowest BCUT2D eigenvalue weighted by atomic mass is 10.1. The molecule has 1 aliphatic rings. The fourth-order valence-corrected chi connectivity index (χ4v) is 3.47. The molecule has 31 heavy (non-hydrogen) atoms. The Labute approximate surface area is 179 Å². The summed E-state index contributed by atoms with van der Waals surface area (Å²) in [6.07, 6.45) is 3.67. The van der Waals surface area contributed by atoms with Gasteiger partial charge in [-0.15, -0.1) is 0 Å². The van der Waals surface area contributed by atoms with Gasteiger partial charge in [-0.25, -0.2) is 4.79 Å². The topological polar surface area (TPSA) is 97.6 Å². The fourth-order valence-electron chi connectivity index (χ4n) is 3.47. The number of carbonyl (C=O) groups excluding carboxylic acids is 3. The van der Waals surface area contributed by atoms with Crippen LogP contribution in [0.15, 0.2) is 65.3 Å². The van der Waals surface area contributed by atoms with Crippen molar-refractivity contribution in [2.24, 2.45) is 0 Å². The molecular weight excluding hydrogens is 396 g/mol. The summed E-state index contributed by atoms with van der Waals surface area (Å²) in [5.74, 6) is -1.22. The molecule has 2 N–H and O–H groups in total. The predicted octanol–water partition coefficient (Wildman–Crippen LogP) is 4.20. The Kier molecular flexibility index (Phi) is 5.84. The van der Waals surface area contributed by atoms with Crippen LogP contribution in [0.4, 0.5) is 11.4 Å². The zero-order chi connectivity index (χ0) is 21.8. The smallest absolute Gasteiger partial charge is 0.338 e. The molecule has 0 unspecified atom stereocenters. The van der Waals surface area contributed by atoms with Crippen LogP contribution >= 0.6 is 0 Å². The van der Waals surface area contributed by atoms with Crippen molar-refractivity contribution in [2.45, 2.75) is 32.3 Å². The van der Waals surface area contributed by atoms with Gasteiger partial charge in [0.1, 0.15) is 0 Å². The highest BCUT2D eigenvalue weighted by Crippen LogP contribution is 2.25. The molecule has 0 bridgehead atoms. The molecule has 2 aromatic carbocycles. The lowest BCUT2D eigenvalue weighted by Crippen LogP contribution is -2.30. The Morgan fingerprint density at radius 2 is 1.68 bits per heavy atom. The highest BCUT2D eigenvalue weighted by Gasteiger charge is 2.20. The van der Waals surface area contributed by atoms with Crippen LogP contribution in [0.5, 0.6) is 0 Å². The molecule has 0 saturated carbocycles. The molecule has 0 saturated heterocycles. The molecule has 0 spiro atoms. The Balaban J connectivity index is 1.31. The van der Waals surface area contributed by atoms with Gasteiger partial charge in [0.25, 0.3) is 11.8 Å². The van der Waals surface area contributed by atoms with E-state index in [1.807, 2.05) is 18.2 Å². The van der Waals surface area contributed by atoms with Crippen molar-refractivity contribution in [1.82, 2.24) is 0 Å². The number of hydrogen-bond donors (Lipinski definition) is 2. The maximum Gasteiger partial charge on any atom is 0.338 e. The van der Waals surface area contributed by atoms with E-state index in [0.29, 0.717) is 11.4 Å². The third-order valence-electron chi connectivity index (χ3n) is 5.14. The van der Waals surface area contributed by atoms with Crippen molar-refractivity contribution in [3.05, 3.63) is 83.3 Å². The van der Waals surface area contributed by atoms with Crippen LogP contribution < -0.4 is 10.6 Å². The summed E-state index contributed by atoms with van der Waals surface area (Å²) in [7, 11) is 0. The minimum Gasteiger partial charge on any atom is -0.459 e. The summed E-state index contributed by atoms with van der Waals surface area (Å²) in [6, 6.07) is 15.2. The largest absolute Gasteiger partial charge is 0.459 e. The van der Waals surface area contributed by atoms with E-state index in [-0.39, 0.29) is 11.3 Å². The lowest BCUT2D eigenvalue weighted by Gasteiger charge is -2.14. The van der Waals surface area contributed by atoms with Crippen molar-refractivity contribution < 1.29 is 23.5 Å². The molecule has 1 aromatic heterocycles. The SMILES string of the molecule is C[C@@H](OC(=O)c1ccc(NC(=O)c2ccco2)cc1)C(=O)Nc1ccc2c(c1)CCC2. The first kappa shape index (κ1) is 20.4. The van der Waals surface area contributed by atoms with Crippen molar-refractivity contribution in [3.63, 3.8) is 0 Å². The number of aryl methyl sites for hydroxylation is 2. The second-order valence-electron chi connectivity index (χ2n) is 7.38. The zero-order valence-corrected chi connectivity index (χ0v) is 17.0. The number of esters is 1. The number of fused-ring (bicyclic) bond motifs is 1. The van der Waals surface area contributed by atoms with E-state index in [0.717, 1.165) is 19.3 Å². The van der Waals surface area contributed by atoms with Crippen molar-refractivity contribution in [3.8, 4) is 0 Å². The van der Waals surface area contributed by atoms with E-state index < -0.39 is 23.9 Å². The predicted molar refractivity (Wildman–Crippen MR) is 115 cm³/mol. The van der Waals surface area contributed by atoms with Gasteiger partial charge in [-0.05, 0) is 85.8 Å². The third kappa shape index (κ3) is 4.83. The molecule has 2 amide bonds. The Bertz CT molecular complexity index is 1100. The number of anilines is 2. The van der Waals surface area contributed by atoms with Crippen LogP contribution in [0.2, 0.25) is 0 Å². The molecule has 7 heteroatoms. The van der Waals surface area contributed by atoms with Crippen molar-refractivity contribution in [1.29, 1.82) is 0 Å². The van der Waals surface area contributed by atoms with Crippen molar-refractivity contribution >= 4 is 29.2 Å². The van der Waals surface area contributed by atoms with Gasteiger partial charge in [-0.2, -0.15) is 0 Å². The monoisotopic (exact) mass is 418 g/mol. The normalized spacial score (nSPS) is 13.2. The number of ether oxygens (including phenoxy) is 1. The molecular formula is C24H22N2O5. The van der Waals surface area contributed by atoms with Gasteiger partial charge in [0.15, 0.2) is 11.9 Å². The minimum absolute atomic E-state index is 0.187. The van der Waals surface area contributed by atoms with E-state index in [4.69, 9.17) is 9.15 Å². The van der Waals surface area contributed by atoms with Crippen LogP contribution in [-0.4, -0.2) is 23.9 Å². The zero-order valence-electron chi connectivity index (χ0n) is 17.0. The van der Waals surface area contributed by atoms with E-state index in [2.05, 4.69) is 10.6 Å². The highest BCUT2D eigenvalue weighted by atomic mass is 16.5. The summed E-state index contributed by atoms with van der Waals surface area (Å²) < 4.78 is 10.3. The first-order valence-corrected chi connectivity index (χ1v) is 10.1. The van der Waals surface area contributed by atoms with Gasteiger partial charge in [-0.3, -0.25) is 9.59 Å². The molecule has 0 radical (unpaired) electrons. The minimum atomic E-state index is -0.959. The molecule has 4 rings (SSSR count). The third-order valence-corrected chi connectivity index (χ3v) is 5.14. The Morgan fingerprint density at radius 3 is 2.42 bits per heavy atom.